The summed E-state index contributed by atoms with van der Waals surface area (Å²) in [5, 5.41) is 8.02. The van der Waals surface area contributed by atoms with Crippen LogP contribution < -0.4 is 0 Å². The van der Waals surface area contributed by atoms with Crippen LogP contribution in [0.25, 0.3) is 0 Å². The van der Waals surface area contributed by atoms with E-state index in [0.29, 0.717) is 0 Å². The lowest BCUT2D eigenvalue weighted by atomic mass is 10.4. The molecule has 1 heterocycles. The summed E-state index contributed by atoms with van der Waals surface area (Å²) in [4.78, 5) is 29.6. The number of carbonyl (C=O) groups is 3. The first-order chi connectivity index (χ1) is 7.06. The minimum absolute atomic E-state index is 0.579. The van der Waals surface area contributed by atoms with Crippen LogP contribution >= 0.6 is 0 Å². The van der Waals surface area contributed by atoms with Crippen LogP contribution in [0.1, 0.15) is 6.92 Å². The quantitative estimate of drug-likeness (QED) is 0.316. The Labute approximate surface area is 86.3 Å². The summed E-state index contributed by atoms with van der Waals surface area (Å²) in [5.41, 5.74) is 0. The maximum Gasteiger partial charge on any atom is 0.338 e. The van der Waals surface area contributed by atoms with Crippen molar-refractivity contribution in [2.45, 2.75) is 6.92 Å². The van der Waals surface area contributed by atoms with Gasteiger partial charge in [-0.25, -0.2) is 14.4 Å². The molecule has 0 fully saturated rings. The zero-order valence-corrected chi connectivity index (χ0v) is 8.04. The molecule has 0 radical (unpaired) electrons. The van der Waals surface area contributed by atoms with E-state index in [0.717, 1.165) is 18.2 Å². The molecule has 0 saturated carbocycles. The Morgan fingerprint density at radius 1 is 1.27 bits per heavy atom. The number of hydrogen-bond acceptors (Lipinski definition) is 4. The van der Waals surface area contributed by atoms with Gasteiger partial charge in [-0.1, -0.05) is 18.2 Å². The fourth-order valence-electron chi connectivity index (χ4n) is 0.552. The van der Waals surface area contributed by atoms with Crippen LogP contribution in [0.2, 0.25) is 0 Å². The fourth-order valence-corrected chi connectivity index (χ4v) is 0.552. The van der Waals surface area contributed by atoms with Crippen molar-refractivity contribution in [3.05, 3.63) is 36.5 Å². The number of cyclic esters (lactones) is 2. The maximum absolute atomic E-state index is 9.92. The Hall–Kier alpha value is -2.17. The molecule has 0 unspecified atom stereocenters. The van der Waals surface area contributed by atoms with Gasteiger partial charge >= 0.3 is 17.9 Å². The molecule has 5 heteroatoms. The van der Waals surface area contributed by atoms with Gasteiger partial charge in [-0.15, -0.1) is 0 Å². The number of rotatable bonds is 2. The first-order valence-corrected chi connectivity index (χ1v) is 4.02. The molecule has 1 rings (SSSR count). The molecule has 0 aromatic carbocycles. The molecule has 0 amide bonds. The van der Waals surface area contributed by atoms with E-state index in [1.807, 2.05) is 6.92 Å². The van der Waals surface area contributed by atoms with Gasteiger partial charge in [-0.2, -0.15) is 0 Å². The van der Waals surface area contributed by atoms with Gasteiger partial charge in [0, 0.05) is 18.2 Å². The molecule has 0 atom stereocenters. The summed E-state index contributed by atoms with van der Waals surface area (Å²) < 4.78 is 3.97. The molecule has 0 aromatic heterocycles. The van der Waals surface area contributed by atoms with E-state index in [-0.39, 0.29) is 0 Å². The maximum atomic E-state index is 9.92. The number of ether oxygens (including phenoxy) is 1. The van der Waals surface area contributed by atoms with Crippen molar-refractivity contribution in [3.63, 3.8) is 0 Å². The van der Waals surface area contributed by atoms with Crippen molar-refractivity contribution in [1.82, 2.24) is 0 Å². The second kappa shape index (κ2) is 7.25. The van der Waals surface area contributed by atoms with Crippen LogP contribution in [0.5, 0.6) is 0 Å². The monoisotopic (exact) mass is 210 g/mol. The van der Waals surface area contributed by atoms with E-state index in [9.17, 15) is 14.4 Å². The van der Waals surface area contributed by atoms with Gasteiger partial charge in [0.05, 0.1) is 0 Å². The van der Waals surface area contributed by atoms with Gasteiger partial charge in [-0.3, -0.25) is 0 Å². The van der Waals surface area contributed by atoms with Crippen LogP contribution in [-0.4, -0.2) is 23.0 Å². The highest BCUT2D eigenvalue weighted by Crippen LogP contribution is 1.92. The zero-order valence-electron chi connectivity index (χ0n) is 8.04. The van der Waals surface area contributed by atoms with Crippen molar-refractivity contribution < 1.29 is 24.2 Å². The van der Waals surface area contributed by atoms with Crippen molar-refractivity contribution in [2.75, 3.05) is 0 Å². The van der Waals surface area contributed by atoms with Gasteiger partial charge in [0.15, 0.2) is 0 Å². The minimum Gasteiger partial charge on any atom is -0.478 e. The molecule has 15 heavy (non-hydrogen) atoms. The molecule has 0 bridgehead atoms. The van der Waals surface area contributed by atoms with Crippen LogP contribution in [0.15, 0.2) is 36.5 Å². The van der Waals surface area contributed by atoms with Crippen LogP contribution in [0.4, 0.5) is 0 Å². The van der Waals surface area contributed by atoms with E-state index in [1.165, 1.54) is 6.08 Å². The second-order valence-electron chi connectivity index (χ2n) is 2.30. The summed E-state index contributed by atoms with van der Waals surface area (Å²) in [6.45, 7) is 1.83. The number of allylic oxidation sites excluding steroid dienone is 3. The number of hydrogen-bond donors (Lipinski definition) is 1. The van der Waals surface area contributed by atoms with Gasteiger partial charge in [0.25, 0.3) is 0 Å². The smallest absolute Gasteiger partial charge is 0.338 e. The Morgan fingerprint density at radius 3 is 2.07 bits per heavy atom. The van der Waals surface area contributed by atoms with Crippen molar-refractivity contribution in [1.29, 1.82) is 0 Å². The first-order valence-electron chi connectivity index (χ1n) is 4.02. The topological polar surface area (TPSA) is 80.7 Å². The second-order valence-corrected chi connectivity index (χ2v) is 2.30. The van der Waals surface area contributed by atoms with E-state index < -0.39 is 17.9 Å². The minimum atomic E-state index is -0.914. The largest absolute Gasteiger partial charge is 0.478 e. The molecule has 0 saturated heterocycles. The Morgan fingerprint density at radius 2 is 1.80 bits per heavy atom. The van der Waals surface area contributed by atoms with Crippen LogP contribution in [0, 0.1) is 0 Å². The highest BCUT2D eigenvalue weighted by Gasteiger charge is 2.10. The Balaban J connectivity index is 0.000000262. The number of carboxylic acid groups (broad SMARTS) is 1. The lowest BCUT2D eigenvalue weighted by Gasteiger charge is -1.80. The lowest BCUT2D eigenvalue weighted by Crippen LogP contribution is -1.96. The SMILES string of the molecule is C/C=C/C=C/C(=O)O.O=C1C=CC(=O)O1. The fraction of sp³-hybridized carbons (Fsp3) is 0.100. The van der Waals surface area contributed by atoms with E-state index in [2.05, 4.69) is 4.74 Å². The number of aliphatic carboxylic acids is 1. The molecule has 0 spiro atoms. The van der Waals surface area contributed by atoms with E-state index in [1.54, 1.807) is 12.2 Å². The third-order valence-corrected chi connectivity index (χ3v) is 1.10. The third kappa shape index (κ3) is 8.17. The highest BCUT2D eigenvalue weighted by molar-refractivity contribution is 6.04. The summed E-state index contributed by atoms with van der Waals surface area (Å²) >= 11 is 0. The summed E-state index contributed by atoms with van der Waals surface area (Å²) in [6, 6.07) is 0. The predicted octanol–water partition coefficient (Wildman–Crippen LogP) is 0.829. The Kier molecular flexibility index (Phi) is 6.20. The Bertz CT molecular complexity index is 320. The molecule has 1 aliphatic heterocycles. The van der Waals surface area contributed by atoms with Gasteiger partial charge in [-0.05, 0) is 6.92 Å². The summed E-state index contributed by atoms with van der Waals surface area (Å²) in [6.07, 6.45) is 8.15. The van der Waals surface area contributed by atoms with Gasteiger partial charge in [0.1, 0.15) is 0 Å². The summed E-state index contributed by atoms with van der Waals surface area (Å²) in [7, 11) is 0. The highest BCUT2D eigenvalue weighted by atomic mass is 16.6. The van der Waals surface area contributed by atoms with E-state index in [4.69, 9.17) is 5.11 Å². The standard InChI is InChI=1S/C6H8O2.C4H2O3/c1-2-3-4-5-6(7)8;5-3-1-2-4(6)7-3/h2-5H,1H3,(H,7,8);1-2H/b3-2+,5-4+;. The van der Waals surface area contributed by atoms with Gasteiger partial charge < -0.3 is 9.84 Å². The van der Waals surface area contributed by atoms with Gasteiger partial charge in [0.2, 0.25) is 0 Å². The van der Waals surface area contributed by atoms with Crippen molar-refractivity contribution in [2.24, 2.45) is 0 Å². The third-order valence-electron chi connectivity index (χ3n) is 1.10. The first kappa shape index (κ1) is 12.8. The molecular formula is C10H10O5. The molecule has 5 nitrogen and oxygen atoms in total. The number of carbonyl (C=O) groups excluding carboxylic acids is 2. The number of esters is 2. The lowest BCUT2D eigenvalue weighted by molar-refractivity contribution is -0.150. The molecule has 0 aromatic rings. The van der Waals surface area contributed by atoms with Crippen molar-refractivity contribution in [3.8, 4) is 0 Å². The molecular weight excluding hydrogens is 200 g/mol. The van der Waals surface area contributed by atoms with Crippen LogP contribution in [0.3, 0.4) is 0 Å². The molecule has 1 N–H and O–H groups in total. The molecule has 1 aliphatic rings. The molecule has 0 aliphatic carbocycles. The van der Waals surface area contributed by atoms with Crippen molar-refractivity contribution >= 4 is 17.9 Å². The number of carboxylic acids is 1. The average Bonchev–Trinajstić information content (AvgIpc) is 2.51. The summed E-state index contributed by atoms with van der Waals surface area (Å²) in [5.74, 6) is -2.07. The molecule has 80 valence electrons. The van der Waals surface area contributed by atoms with Crippen LogP contribution in [-0.2, 0) is 19.1 Å². The van der Waals surface area contributed by atoms with E-state index >= 15 is 0 Å². The average molecular weight is 210 g/mol. The zero-order chi connectivity index (χ0) is 11.7. The predicted molar refractivity (Wildman–Crippen MR) is 51.8 cm³/mol. The normalized spacial score (nSPS) is 14.2.